The third kappa shape index (κ3) is 3.98. The Morgan fingerprint density at radius 2 is 1.82 bits per heavy atom. The topological polar surface area (TPSA) is 118 Å². The standard InChI is InChI=1S/C19H17N5O4/c1-13-6-5-9-15(10-13)24(22-17(26)14-7-3-2-4-8-14)23(12-25)16-11-20-19(28)21-18(16)27/h2-12H,1H3,(H,22,26)(H2,20,21,27,28). The molecule has 0 saturated heterocycles. The quantitative estimate of drug-likeness (QED) is 0.438. The molecule has 1 aromatic heterocycles. The third-order valence-electron chi connectivity index (χ3n) is 3.85. The van der Waals surface area contributed by atoms with Crippen molar-refractivity contribution < 1.29 is 9.59 Å². The Kier molecular flexibility index (Phi) is 5.35. The van der Waals surface area contributed by atoms with Gasteiger partial charge in [-0.3, -0.25) is 19.4 Å². The van der Waals surface area contributed by atoms with Gasteiger partial charge >= 0.3 is 5.69 Å². The molecule has 2 aromatic carbocycles. The number of nitrogens with zero attached hydrogens (tertiary/aromatic N) is 2. The normalized spacial score (nSPS) is 10.2. The molecular weight excluding hydrogens is 362 g/mol. The molecule has 0 aliphatic carbocycles. The summed E-state index contributed by atoms with van der Waals surface area (Å²) in [5.41, 5.74) is 2.60. The summed E-state index contributed by atoms with van der Waals surface area (Å²) in [7, 11) is 0. The van der Waals surface area contributed by atoms with Gasteiger partial charge in [0.05, 0.1) is 5.69 Å². The summed E-state index contributed by atoms with van der Waals surface area (Å²) in [6, 6.07) is 15.4. The first-order valence-corrected chi connectivity index (χ1v) is 8.29. The van der Waals surface area contributed by atoms with Gasteiger partial charge in [0.15, 0.2) is 0 Å². The minimum absolute atomic E-state index is 0.176. The Balaban J connectivity index is 2.06. The van der Waals surface area contributed by atoms with Crippen LogP contribution in [0.1, 0.15) is 15.9 Å². The molecule has 2 amide bonds. The van der Waals surface area contributed by atoms with Crippen LogP contribution in [-0.2, 0) is 4.79 Å². The first-order valence-electron chi connectivity index (χ1n) is 8.29. The van der Waals surface area contributed by atoms with Crippen molar-refractivity contribution in [1.82, 2.24) is 15.4 Å². The lowest BCUT2D eigenvalue weighted by Crippen LogP contribution is -2.55. The van der Waals surface area contributed by atoms with Crippen molar-refractivity contribution in [3.63, 3.8) is 0 Å². The number of aryl methyl sites for hydroxylation is 1. The van der Waals surface area contributed by atoms with Crippen molar-refractivity contribution in [3.05, 3.63) is 92.8 Å². The fourth-order valence-corrected chi connectivity index (χ4v) is 2.54. The largest absolute Gasteiger partial charge is 0.325 e. The van der Waals surface area contributed by atoms with E-state index < -0.39 is 17.2 Å². The van der Waals surface area contributed by atoms with Crippen LogP contribution in [0, 0.1) is 6.92 Å². The molecule has 0 atom stereocenters. The van der Waals surface area contributed by atoms with Crippen molar-refractivity contribution >= 4 is 23.7 Å². The number of amides is 2. The highest BCUT2D eigenvalue weighted by Crippen LogP contribution is 2.19. The molecule has 9 heteroatoms. The van der Waals surface area contributed by atoms with Gasteiger partial charge in [0.2, 0.25) is 6.41 Å². The van der Waals surface area contributed by atoms with Crippen molar-refractivity contribution in [2.24, 2.45) is 0 Å². The number of hydrogen-bond donors (Lipinski definition) is 3. The molecule has 3 aromatic rings. The Morgan fingerprint density at radius 1 is 1.07 bits per heavy atom. The first kappa shape index (κ1) is 18.6. The van der Waals surface area contributed by atoms with Gasteiger partial charge < -0.3 is 4.98 Å². The van der Waals surface area contributed by atoms with Gasteiger partial charge in [-0.1, -0.05) is 30.3 Å². The van der Waals surface area contributed by atoms with Crippen molar-refractivity contribution in [2.45, 2.75) is 6.92 Å². The average molecular weight is 379 g/mol. The summed E-state index contributed by atoms with van der Waals surface area (Å²) >= 11 is 0. The van der Waals surface area contributed by atoms with Gasteiger partial charge in [0.1, 0.15) is 5.69 Å². The zero-order valence-electron chi connectivity index (χ0n) is 14.9. The Hall–Kier alpha value is -4.14. The number of aromatic nitrogens is 2. The summed E-state index contributed by atoms with van der Waals surface area (Å²) in [4.78, 5) is 52.4. The van der Waals surface area contributed by atoms with Gasteiger partial charge in [0, 0.05) is 11.8 Å². The molecule has 9 nitrogen and oxygen atoms in total. The lowest BCUT2D eigenvalue weighted by Gasteiger charge is -2.32. The number of carbonyl (C=O) groups is 2. The maximum absolute atomic E-state index is 12.7. The van der Waals surface area contributed by atoms with Crippen LogP contribution in [0.3, 0.4) is 0 Å². The molecule has 3 rings (SSSR count). The molecule has 3 N–H and O–H groups in total. The lowest BCUT2D eigenvalue weighted by atomic mass is 10.2. The molecule has 0 saturated carbocycles. The van der Waals surface area contributed by atoms with Crippen molar-refractivity contribution in [2.75, 3.05) is 10.1 Å². The second-order valence-corrected chi connectivity index (χ2v) is 5.86. The molecule has 1 heterocycles. The van der Waals surface area contributed by atoms with Crippen LogP contribution in [-0.4, -0.2) is 22.3 Å². The second-order valence-electron chi connectivity index (χ2n) is 5.86. The van der Waals surface area contributed by atoms with E-state index >= 15 is 0 Å². The molecule has 28 heavy (non-hydrogen) atoms. The molecular formula is C19H17N5O4. The Labute approximate surface area is 159 Å². The van der Waals surface area contributed by atoms with E-state index in [-0.39, 0.29) is 5.69 Å². The van der Waals surface area contributed by atoms with Crippen LogP contribution < -0.4 is 26.8 Å². The molecule has 0 spiro atoms. The van der Waals surface area contributed by atoms with Crippen LogP contribution in [0.2, 0.25) is 0 Å². The minimum atomic E-state index is -0.789. The van der Waals surface area contributed by atoms with E-state index in [4.69, 9.17) is 0 Å². The third-order valence-corrected chi connectivity index (χ3v) is 3.85. The predicted octanol–water partition coefficient (Wildman–Crippen LogP) is 1.10. The number of aromatic amines is 2. The average Bonchev–Trinajstić information content (AvgIpc) is 2.69. The maximum Gasteiger partial charge on any atom is 0.325 e. The molecule has 0 unspecified atom stereocenters. The van der Waals surface area contributed by atoms with E-state index in [0.29, 0.717) is 17.7 Å². The van der Waals surface area contributed by atoms with Crippen LogP contribution in [0.15, 0.2) is 70.4 Å². The smallest absolute Gasteiger partial charge is 0.312 e. The Bertz CT molecular complexity index is 1110. The monoisotopic (exact) mass is 379 g/mol. The number of hydrogen-bond acceptors (Lipinski definition) is 5. The predicted molar refractivity (Wildman–Crippen MR) is 104 cm³/mol. The highest BCUT2D eigenvalue weighted by Gasteiger charge is 2.22. The molecule has 0 bridgehead atoms. The van der Waals surface area contributed by atoms with Crippen molar-refractivity contribution in [3.8, 4) is 0 Å². The minimum Gasteiger partial charge on any atom is -0.312 e. The second kappa shape index (κ2) is 8.04. The van der Waals surface area contributed by atoms with Crippen LogP contribution in [0.25, 0.3) is 0 Å². The summed E-state index contributed by atoms with van der Waals surface area (Å²) < 4.78 is 0. The van der Waals surface area contributed by atoms with Crippen LogP contribution >= 0.6 is 0 Å². The van der Waals surface area contributed by atoms with E-state index in [1.165, 1.54) is 0 Å². The summed E-state index contributed by atoms with van der Waals surface area (Å²) in [5, 5.41) is 2.03. The number of rotatable bonds is 6. The van der Waals surface area contributed by atoms with Crippen molar-refractivity contribution in [1.29, 1.82) is 0 Å². The van der Waals surface area contributed by atoms with E-state index in [9.17, 15) is 19.2 Å². The van der Waals surface area contributed by atoms with E-state index in [0.717, 1.165) is 21.9 Å². The lowest BCUT2D eigenvalue weighted by molar-refractivity contribution is -0.107. The zero-order valence-corrected chi connectivity index (χ0v) is 14.9. The number of H-pyrrole nitrogens is 2. The molecule has 142 valence electrons. The number of anilines is 2. The van der Waals surface area contributed by atoms with Gasteiger partial charge in [-0.05, 0) is 36.8 Å². The molecule has 0 aliphatic heterocycles. The summed E-state index contributed by atoms with van der Waals surface area (Å²) in [6.45, 7) is 1.85. The SMILES string of the molecule is Cc1cccc(N(NC(=O)c2ccccc2)N(C=O)c2c[nH]c(=O)[nH]c2=O)c1. The van der Waals surface area contributed by atoms with Gasteiger partial charge in [-0.15, -0.1) is 0 Å². The highest BCUT2D eigenvalue weighted by molar-refractivity contribution is 5.96. The van der Waals surface area contributed by atoms with E-state index in [1.807, 2.05) is 18.0 Å². The zero-order chi connectivity index (χ0) is 20.1. The maximum atomic E-state index is 12.7. The Morgan fingerprint density at radius 3 is 2.46 bits per heavy atom. The fourth-order valence-electron chi connectivity index (χ4n) is 2.54. The first-order chi connectivity index (χ1) is 13.5. The van der Waals surface area contributed by atoms with Gasteiger partial charge in [-0.25, -0.2) is 10.2 Å². The van der Waals surface area contributed by atoms with Crippen LogP contribution in [0.4, 0.5) is 11.4 Å². The fraction of sp³-hybridized carbons (Fsp3) is 0.0526. The van der Waals surface area contributed by atoms with E-state index in [1.54, 1.807) is 48.5 Å². The number of benzene rings is 2. The highest BCUT2D eigenvalue weighted by atomic mass is 16.2. The number of hydrazine groups is 2. The van der Waals surface area contributed by atoms with Gasteiger partial charge in [-0.2, -0.15) is 10.1 Å². The summed E-state index contributed by atoms with van der Waals surface area (Å²) in [6.07, 6.45) is 1.45. The van der Waals surface area contributed by atoms with Gasteiger partial charge in [0.25, 0.3) is 11.5 Å². The van der Waals surface area contributed by atoms with E-state index in [2.05, 4.69) is 10.4 Å². The molecule has 0 radical (unpaired) electrons. The van der Waals surface area contributed by atoms with Crippen LogP contribution in [0.5, 0.6) is 0 Å². The molecule has 0 fully saturated rings. The number of carbonyl (C=O) groups excluding carboxylic acids is 2. The number of nitrogens with one attached hydrogen (secondary N) is 3. The summed E-state index contributed by atoms with van der Waals surface area (Å²) in [5.74, 6) is -0.491. The molecule has 0 aliphatic rings.